The van der Waals surface area contributed by atoms with Crippen molar-refractivity contribution >= 4 is 11.5 Å². The number of benzene rings is 1. The van der Waals surface area contributed by atoms with E-state index in [9.17, 15) is 9.59 Å². The molecule has 0 bridgehead atoms. The van der Waals surface area contributed by atoms with Gasteiger partial charge < -0.3 is 4.74 Å². The highest BCUT2D eigenvalue weighted by atomic mass is 16.5. The van der Waals surface area contributed by atoms with Crippen LogP contribution in [0.25, 0.3) is 16.6 Å². The molecule has 5 nitrogen and oxygen atoms in total. The predicted octanol–water partition coefficient (Wildman–Crippen LogP) is 3.81. The first-order valence-electron chi connectivity index (χ1n) is 8.83. The average Bonchev–Trinajstić information content (AvgIpc) is 3.53. The third-order valence-corrected chi connectivity index (χ3v) is 5.16. The van der Waals surface area contributed by atoms with Gasteiger partial charge in [-0.05, 0) is 72.2 Å². The molecule has 134 valence electrons. The fourth-order valence-corrected chi connectivity index (χ4v) is 3.60. The van der Waals surface area contributed by atoms with Gasteiger partial charge in [0.1, 0.15) is 5.56 Å². The summed E-state index contributed by atoms with van der Waals surface area (Å²) in [5.41, 5.74) is 5.16. The van der Waals surface area contributed by atoms with Crippen molar-refractivity contribution in [1.29, 1.82) is 5.26 Å². The molecule has 3 aromatic rings. The second kappa shape index (κ2) is 6.40. The van der Waals surface area contributed by atoms with Crippen molar-refractivity contribution in [1.82, 2.24) is 4.40 Å². The van der Waals surface area contributed by atoms with Crippen LogP contribution in [0.1, 0.15) is 45.8 Å². The molecule has 0 radical (unpaired) electrons. The summed E-state index contributed by atoms with van der Waals surface area (Å²) >= 11 is 0. The van der Waals surface area contributed by atoms with Crippen molar-refractivity contribution in [3.05, 3.63) is 75.2 Å². The monoisotopic (exact) mass is 358 g/mol. The van der Waals surface area contributed by atoms with Crippen LogP contribution in [-0.4, -0.2) is 17.5 Å². The van der Waals surface area contributed by atoms with Crippen LogP contribution in [0.4, 0.5) is 0 Å². The molecule has 0 N–H and O–H groups in total. The number of fused-ring (bicyclic) bond motifs is 1. The molecule has 0 saturated heterocycles. The van der Waals surface area contributed by atoms with Crippen molar-refractivity contribution < 1.29 is 9.53 Å². The third kappa shape index (κ3) is 2.80. The van der Waals surface area contributed by atoms with Gasteiger partial charge in [-0.3, -0.25) is 9.20 Å². The van der Waals surface area contributed by atoms with Crippen LogP contribution >= 0.6 is 0 Å². The normalized spacial score (nSPS) is 13.4. The van der Waals surface area contributed by atoms with Crippen LogP contribution in [0.5, 0.6) is 0 Å². The number of carbonyl (C=O) groups excluding carboxylic acids is 1. The molecule has 0 unspecified atom stereocenters. The van der Waals surface area contributed by atoms with E-state index in [0.29, 0.717) is 11.5 Å². The van der Waals surface area contributed by atoms with E-state index >= 15 is 0 Å². The summed E-state index contributed by atoms with van der Waals surface area (Å²) in [6.07, 6.45) is 3.82. The molecule has 4 rings (SSSR count). The van der Waals surface area contributed by atoms with E-state index < -0.39 is 5.97 Å². The number of esters is 1. The number of nitriles is 1. The standard InChI is InChI=1S/C22H18N2O3/c1-13-17(15-5-3-14(12-23)4-6-15)9-10-24-20(13)18(16-7-8-16)11-19(21(24)25)22(26)27-2/h3-6,9-11,16H,7-8H2,1-2H3. The summed E-state index contributed by atoms with van der Waals surface area (Å²) in [5.74, 6) is -0.246. The molecular formula is C22H18N2O3. The van der Waals surface area contributed by atoms with Crippen molar-refractivity contribution in [3.8, 4) is 17.2 Å². The number of aromatic nitrogens is 1. The maximum atomic E-state index is 12.8. The molecular weight excluding hydrogens is 340 g/mol. The van der Waals surface area contributed by atoms with Crippen LogP contribution in [0.2, 0.25) is 0 Å². The van der Waals surface area contributed by atoms with E-state index in [1.807, 2.05) is 25.1 Å². The van der Waals surface area contributed by atoms with Crippen LogP contribution in [0.15, 0.2) is 47.4 Å². The molecule has 1 fully saturated rings. The van der Waals surface area contributed by atoms with E-state index in [0.717, 1.165) is 40.6 Å². The molecule has 0 amide bonds. The van der Waals surface area contributed by atoms with E-state index in [-0.39, 0.29) is 11.1 Å². The van der Waals surface area contributed by atoms with Gasteiger partial charge in [-0.2, -0.15) is 5.26 Å². The number of nitrogens with zero attached hydrogens (tertiary/aromatic N) is 2. The largest absolute Gasteiger partial charge is 0.465 e. The summed E-state index contributed by atoms with van der Waals surface area (Å²) in [4.78, 5) is 24.9. The first-order chi connectivity index (χ1) is 13.0. The van der Waals surface area contributed by atoms with Gasteiger partial charge in [0.2, 0.25) is 0 Å². The molecule has 1 saturated carbocycles. The minimum absolute atomic E-state index is 0.0717. The number of carbonyl (C=O) groups is 1. The zero-order valence-electron chi connectivity index (χ0n) is 15.2. The van der Waals surface area contributed by atoms with Gasteiger partial charge in [-0.15, -0.1) is 0 Å². The number of pyridine rings is 2. The van der Waals surface area contributed by atoms with E-state index in [1.54, 1.807) is 28.8 Å². The van der Waals surface area contributed by atoms with Gasteiger partial charge in [0.25, 0.3) is 5.56 Å². The minimum Gasteiger partial charge on any atom is -0.465 e. The smallest absolute Gasteiger partial charge is 0.343 e. The van der Waals surface area contributed by atoms with Gasteiger partial charge in [0, 0.05) is 6.20 Å². The van der Waals surface area contributed by atoms with Crippen LogP contribution in [-0.2, 0) is 4.74 Å². The molecule has 0 spiro atoms. The number of methoxy groups -OCH3 is 1. The van der Waals surface area contributed by atoms with Crippen LogP contribution in [0, 0.1) is 18.3 Å². The summed E-state index contributed by atoms with van der Waals surface area (Å²) in [7, 11) is 1.28. The number of ether oxygens (including phenoxy) is 1. The topological polar surface area (TPSA) is 71.6 Å². The highest BCUT2D eigenvalue weighted by molar-refractivity contribution is 5.90. The van der Waals surface area contributed by atoms with Crippen molar-refractivity contribution in [3.63, 3.8) is 0 Å². The lowest BCUT2D eigenvalue weighted by molar-refractivity contribution is 0.0598. The molecule has 1 aliphatic carbocycles. The van der Waals surface area contributed by atoms with Gasteiger partial charge in [-0.1, -0.05) is 12.1 Å². The highest BCUT2D eigenvalue weighted by Crippen LogP contribution is 2.43. The lowest BCUT2D eigenvalue weighted by atomic mass is 9.96. The molecule has 0 aliphatic heterocycles. The van der Waals surface area contributed by atoms with E-state index in [1.165, 1.54) is 7.11 Å². The van der Waals surface area contributed by atoms with E-state index in [2.05, 4.69) is 6.07 Å². The van der Waals surface area contributed by atoms with Gasteiger partial charge in [0.05, 0.1) is 24.3 Å². The Morgan fingerprint density at radius 2 is 1.93 bits per heavy atom. The van der Waals surface area contributed by atoms with Crippen LogP contribution in [0.3, 0.4) is 0 Å². The lowest BCUT2D eigenvalue weighted by Gasteiger charge is -2.15. The second-order valence-corrected chi connectivity index (χ2v) is 6.85. The molecule has 2 heterocycles. The Balaban J connectivity index is 1.99. The van der Waals surface area contributed by atoms with Crippen molar-refractivity contribution in [2.45, 2.75) is 25.7 Å². The van der Waals surface area contributed by atoms with Crippen molar-refractivity contribution in [2.75, 3.05) is 7.11 Å². The Hall–Kier alpha value is -3.39. The third-order valence-electron chi connectivity index (χ3n) is 5.16. The minimum atomic E-state index is -0.606. The first-order valence-corrected chi connectivity index (χ1v) is 8.83. The number of aryl methyl sites for hydroxylation is 1. The Kier molecular flexibility index (Phi) is 4.04. The van der Waals surface area contributed by atoms with Gasteiger partial charge in [-0.25, -0.2) is 4.79 Å². The summed E-state index contributed by atoms with van der Waals surface area (Å²) in [5, 5.41) is 9.00. The van der Waals surface area contributed by atoms with Gasteiger partial charge in [0.15, 0.2) is 0 Å². The quantitative estimate of drug-likeness (QED) is 0.668. The SMILES string of the molecule is COC(=O)c1cc(C2CC2)c2c(C)c(-c3ccc(C#N)cc3)ccn2c1=O. The Morgan fingerprint density at radius 3 is 2.52 bits per heavy atom. The fraction of sp³-hybridized carbons (Fsp3) is 0.227. The van der Waals surface area contributed by atoms with E-state index in [4.69, 9.17) is 10.00 Å². The number of hydrogen-bond acceptors (Lipinski definition) is 4. The molecule has 0 atom stereocenters. The molecule has 1 aliphatic rings. The highest BCUT2D eigenvalue weighted by Gasteiger charge is 2.29. The first kappa shape index (κ1) is 17.0. The average molecular weight is 358 g/mol. The predicted molar refractivity (Wildman–Crippen MR) is 102 cm³/mol. The summed E-state index contributed by atoms with van der Waals surface area (Å²) < 4.78 is 6.35. The molecule has 5 heteroatoms. The lowest BCUT2D eigenvalue weighted by Crippen LogP contribution is -2.24. The summed E-state index contributed by atoms with van der Waals surface area (Å²) in [6.45, 7) is 1.99. The molecule has 2 aromatic heterocycles. The maximum Gasteiger partial charge on any atom is 0.343 e. The fourth-order valence-electron chi connectivity index (χ4n) is 3.60. The zero-order valence-corrected chi connectivity index (χ0v) is 15.2. The Bertz CT molecular complexity index is 1160. The Morgan fingerprint density at radius 1 is 1.22 bits per heavy atom. The molecule has 27 heavy (non-hydrogen) atoms. The van der Waals surface area contributed by atoms with Gasteiger partial charge >= 0.3 is 5.97 Å². The molecule has 1 aromatic carbocycles. The van der Waals surface area contributed by atoms with Crippen LogP contribution < -0.4 is 5.56 Å². The maximum absolute atomic E-state index is 12.8. The second-order valence-electron chi connectivity index (χ2n) is 6.85. The number of rotatable bonds is 3. The summed E-state index contributed by atoms with van der Waals surface area (Å²) in [6, 6.07) is 13.1. The Labute approximate surface area is 156 Å². The number of hydrogen-bond donors (Lipinski definition) is 0. The zero-order chi connectivity index (χ0) is 19.1. The van der Waals surface area contributed by atoms with Crippen molar-refractivity contribution in [2.24, 2.45) is 0 Å².